The second-order valence-electron chi connectivity index (χ2n) is 5.77. The van der Waals surface area contributed by atoms with Crippen LogP contribution in [-0.4, -0.2) is 42.4 Å². The number of rotatable bonds is 12. The van der Waals surface area contributed by atoms with Crippen molar-refractivity contribution in [3.63, 3.8) is 0 Å². The van der Waals surface area contributed by atoms with E-state index in [0.29, 0.717) is 12.1 Å². The molecule has 0 amide bonds. The standard InChI is InChI=1S/C18H30FNO2/c1-3-5-11-20(12-6-4-2)13-17(21)15-22-14-16-9-7-8-10-18(16)19/h7-10,17,21H,3-6,11-15H2,1-2H3/t17-/m0/s1. The molecule has 1 aromatic rings. The van der Waals surface area contributed by atoms with E-state index < -0.39 is 6.10 Å². The quantitative estimate of drug-likeness (QED) is 0.640. The summed E-state index contributed by atoms with van der Waals surface area (Å²) in [6.07, 6.45) is 4.07. The van der Waals surface area contributed by atoms with E-state index in [1.54, 1.807) is 18.2 Å². The Morgan fingerprint density at radius 2 is 1.77 bits per heavy atom. The van der Waals surface area contributed by atoms with Crippen molar-refractivity contribution in [2.75, 3.05) is 26.2 Å². The van der Waals surface area contributed by atoms with Crippen LogP contribution >= 0.6 is 0 Å². The smallest absolute Gasteiger partial charge is 0.128 e. The molecule has 0 saturated carbocycles. The maximum absolute atomic E-state index is 13.5. The molecule has 1 aromatic carbocycles. The van der Waals surface area contributed by atoms with E-state index in [-0.39, 0.29) is 19.0 Å². The average Bonchev–Trinajstić information content (AvgIpc) is 2.52. The molecule has 3 nitrogen and oxygen atoms in total. The third kappa shape index (κ3) is 7.87. The van der Waals surface area contributed by atoms with Gasteiger partial charge in [-0.3, -0.25) is 0 Å². The average molecular weight is 311 g/mol. The summed E-state index contributed by atoms with van der Waals surface area (Å²) in [4.78, 5) is 2.30. The van der Waals surface area contributed by atoms with Gasteiger partial charge >= 0.3 is 0 Å². The summed E-state index contributed by atoms with van der Waals surface area (Å²) in [5.41, 5.74) is 0.531. The molecule has 0 heterocycles. The van der Waals surface area contributed by atoms with Crippen LogP contribution < -0.4 is 0 Å². The van der Waals surface area contributed by atoms with E-state index in [4.69, 9.17) is 4.74 Å². The van der Waals surface area contributed by atoms with Crippen LogP contribution in [0, 0.1) is 5.82 Å². The van der Waals surface area contributed by atoms with Gasteiger partial charge < -0.3 is 14.7 Å². The lowest BCUT2D eigenvalue weighted by Gasteiger charge is -2.24. The molecule has 0 aliphatic rings. The van der Waals surface area contributed by atoms with Crippen molar-refractivity contribution in [3.8, 4) is 0 Å². The highest BCUT2D eigenvalue weighted by molar-refractivity contribution is 5.16. The Morgan fingerprint density at radius 1 is 1.14 bits per heavy atom. The number of aliphatic hydroxyl groups is 1. The SMILES string of the molecule is CCCCN(CCCC)C[C@H](O)COCc1ccccc1F. The highest BCUT2D eigenvalue weighted by atomic mass is 19.1. The fourth-order valence-electron chi connectivity index (χ4n) is 2.33. The Balaban J connectivity index is 2.30. The third-order valence-electron chi connectivity index (χ3n) is 3.65. The van der Waals surface area contributed by atoms with Crippen molar-refractivity contribution in [2.24, 2.45) is 0 Å². The topological polar surface area (TPSA) is 32.7 Å². The van der Waals surface area contributed by atoms with E-state index in [9.17, 15) is 9.50 Å². The molecule has 126 valence electrons. The third-order valence-corrected chi connectivity index (χ3v) is 3.65. The second kappa shape index (κ2) is 11.6. The summed E-state index contributed by atoms with van der Waals surface area (Å²) < 4.78 is 18.9. The molecule has 0 aliphatic carbocycles. The monoisotopic (exact) mass is 311 g/mol. The Labute approximate surface area is 134 Å². The molecule has 0 aromatic heterocycles. The first-order valence-electron chi connectivity index (χ1n) is 8.38. The van der Waals surface area contributed by atoms with Gasteiger partial charge in [0, 0.05) is 12.1 Å². The minimum atomic E-state index is -0.527. The van der Waals surface area contributed by atoms with Crippen molar-refractivity contribution < 1.29 is 14.2 Å². The Kier molecular flexibility index (Phi) is 10.0. The molecule has 0 aliphatic heterocycles. The van der Waals surface area contributed by atoms with Crippen LogP contribution in [-0.2, 0) is 11.3 Å². The zero-order chi connectivity index (χ0) is 16.2. The largest absolute Gasteiger partial charge is 0.389 e. The summed E-state index contributed by atoms with van der Waals surface area (Å²) in [5.74, 6) is -0.260. The van der Waals surface area contributed by atoms with Crippen LogP contribution in [0.5, 0.6) is 0 Å². The van der Waals surface area contributed by atoms with Crippen LogP contribution in [0.2, 0.25) is 0 Å². The number of benzene rings is 1. The van der Waals surface area contributed by atoms with Gasteiger partial charge in [0.1, 0.15) is 5.82 Å². The van der Waals surface area contributed by atoms with Crippen LogP contribution in [0.25, 0.3) is 0 Å². The second-order valence-corrected chi connectivity index (χ2v) is 5.77. The molecule has 1 atom stereocenters. The number of nitrogens with zero attached hydrogens (tertiary/aromatic N) is 1. The van der Waals surface area contributed by atoms with Crippen molar-refractivity contribution in [1.29, 1.82) is 0 Å². The van der Waals surface area contributed by atoms with Gasteiger partial charge in [-0.05, 0) is 32.0 Å². The molecule has 0 fully saturated rings. The number of unbranched alkanes of at least 4 members (excludes halogenated alkanes) is 2. The number of hydrogen-bond acceptors (Lipinski definition) is 3. The van der Waals surface area contributed by atoms with Crippen molar-refractivity contribution in [1.82, 2.24) is 4.90 Å². The van der Waals surface area contributed by atoms with E-state index in [2.05, 4.69) is 18.7 Å². The fourth-order valence-corrected chi connectivity index (χ4v) is 2.33. The van der Waals surface area contributed by atoms with E-state index in [1.807, 2.05) is 0 Å². The molecule has 22 heavy (non-hydrogen) atoms. The van der Waals surface area contributed by atoms with Gasteiger partial charge in [-0.15, -0.1) is 0 Å². The minimum absolute atomic E-state index is 0.202. The normalized spacial score (nSPS) is 12.8. The van der Waals surface area contributed by atoms with Crippen molar-refractivity contribution in [3.05, 3.63) is 35.6 Å². The van der Waals surface area contributed by atoms with Crippen LogP contribution in [0.4, 0.5) is 4.39 Å². The summed E-state index contributed by atoms with van der Waals surface area (Å²) >= 11 is 0. The summed E-state index contributed by atoms with van der Waals surface area (Å²) in [5, 5.41) is 10.1. The number of aliphatic hydroxyl groups excluding tert-OH is 1. The maximum atomic E-state index is 13.5. The molecule has 0 unspecified atom stereocenters. The van der Waals surface area contributed by atoms with Crippen LogP contribution in [0.1, 0.15) is 45.1 Å². The highest BCUT2D eigenvalue weighted by Gasteiger charge is 2.12. The lowest BCUT2D eigenvalue weighted by atomic mass is 10.2. The molecular formula is C18H30FNO2. The number of hydrogen-bond donors (Lipinski definition) is 1. The molecule has 4 heteroatoms. The van der Waals surface area contributed by atoms with Gasteiger partial charge in [0.05, 0.1) is 19.3 Å². The summed E-state index contributed by atoms with van der Waals surface area (Å²) in [7, 11) is 0. The highest BCUT2D eigenvalue weighted by Crippen LogP contribution is 2.08. The first-order valence-corrected chi connectivity index (χ1v) is 8.38. The van der Waals surface area contributed by atoms with Crippen LogP contribution in [0.15, 0.2) is 24.3 Å². The van der Waals surface area contributed by atoms with Crippen molar-refractivity contribution >= 4 is 0 Å². The van der Waals surface area contributed by atoms with Gasteiger partial charge in [0.25, 0.3) is 0 Å². The first kappa shape index (κ1) is 19.1. The summed E-state index contributed by atoms with van der Waals surface area (Å²) in [6.45, 7) is 7.44. The molecule has 0 bridgehead atoms. The molecule has 1 N–H and O–H groups in total. The first-order chi connectivity index (χ1) is 10.7. The Bertz CT molecular complexity index is 392. The predicted octanol–water partition coefficient (Wildman–Crippen LogP) is 3.61. The van der Waals surface area contributed by atoms with Gasteiger partial charge in [-0.25, -0.2) is 4.39 Å². The molecule has 1 rings (SSSR count). The zero-order valence-corrected chi connectivity index (χ0v) is 13.9. The van der Waals surface area contributed by atoms with E-state index >= 15 is 0 Å². The predicted molar refractivity (Wildman–Crippen MR) is 88.3 cm³/mol. The van der Waals surface area contributed by atoms with Gasteiger partial charge in [-0.2, -0.15) is 0 Å². The van der Waals surface area contributed by atoms with E-state index in [1.165, 1.54) is 6.07 Å². The van der Waals surface area contributed by atoms with E-state index in [0.717, 1.165) is 38.8 Å². The lowest BCUT2D eigenvalue weighted by Crippen LogP contribution is -2.36. The fraction of sp³-hybridized carbons (Fsp3) is 0.667. The van der Waals surface area contributed by atoms with Crippen LogP contribution in [0.3, 0.4) is 0 Å². The Morgan fingerprint density at radius 3 is 2.36 bits per heavy atom. The van der Waals surface area contributed by atoms with Crippen molar-refractivity contribution in [2.45, 2.75) is 52.2 Å². The molecular weight excluding hydrogens is 281 g/mol. The zero-order valence-electron chi connectivity index (χ0n) is 13.9. The van der Waals surface area contributed by atoms with Gasteiger partial charge in [0.2, 0.25) is 0 Å². The lowest BCUT2D eigenvalue weighted by molar-refractivity contribution is 0.00873. The minimum Gasteiger partial charge on any atom is -0.389 e. The van der Waals surface area contributed by atoms with Gasteiger partial charge in [0.15, 0.2) is 0 Å². The number of halogens is 1. The Hall–Kier alpha value is -0.970. The summed E-state index contributed by atoms with van der Waals surface area (Å²) in [6, 6.07) is 6.57. The molecule has 0 radical (unpaired) electrons. The number of ether oxygens (including phenoxy) is 1. The van der Waals surface area contributed by atoms with Gasteiger partial charge in [-0.1, -0.05) is 44.9 Å². The molecule has 0 spiro atoms. The molecule has 0 saturated heterocycles. The maximum Gasteiger partial charge on any atom is 0.128 e.